The van der Waals surface area contributed by atoms with E-state index in [0.29, 0.717) is 33.9 Å². The second-order valence-corrected chi connectivity index (χ2v) is 10.3. The normalized spacial score (nSPS) is 15.4. The summed E-state index contributed by atoms with van der Waals surface area (Å²) in [5, 5.41) is 8.42. The van der Waals surface area contributed by atoms with E-state index < -0.39 is 0 Å². The van der Waals surface area contributed by atoms with Crippen LogP contribution in [-0.2, 0) is 11.3 Å². The van der Waals surface area contributed by atoms with Gasteiger partial charge < -0.3 is 9.84 Å². The maximum absolute atomic E-state index is 13.3. The molecule has 1 amide bonds. The van der Waals surface area contributed by atoms with E-state index in [1.807, 2.05) is 18.2 Å². The third kappa shape index (κ3) is 6.21. The standard InChI is InChI=1S/C29H28Cl2N4O2/c1-19-7-9-21(10-8-19)27(20-5-3-2-4-6-20)33-29(36)22-13-15-35(16-14-22)18-26-32-28(34-37-26)24-12-11-23(30)17-25(24)31/h2-12,17,22,27H,13-16,18H2,1H3,(H,33,36). The van der Waals surface area contributed by atoms with Crippen LogP contribution in [0, 0.1) is 12.8 Å². The molecule has 37 heavy (non-hydrogen) atoms. The lowest BCUT2D eigenvalue weighted by Gasteiger charge is -2.31. The number of halogens is 2. The number of nitrogens with zero attached hydrogens (tertiary/aromatic N) is 3. The van der Waals surface area contributed by atoms with Crippen molar-refractivity contribution in [1.29, 1.82) is 0 Å². The summed E-state index contributed by atoms with van der Waals surface area (Å²) in [6.45, 7) is 4.15. The third-order valence-corrected chi connectivity index (χ3v) is 7.34. The molecule has 190 valence electrons. The fraction of sp³-hybridized carbons (Fsp3) is 0.276. The Kier molecular flexibility index (Phi) is 7.89. The first-order valence-corrected chi connectivity index (χ1v) is 13.1. The Labute approximate surface area is 226 Å². The minimum absolute atomic E-state index is 0.0426. The van der Waals surface area contributed by atoms with Crippen molar-refractivity contribution in [1.82, 2.24) is 20.4 Å². The van der Waals surface area contributed by atoms with Crippen molar-refractivity contribution < 1.29 is 9.32 Å². The molecule has 0 aliphatic carbocycles. The van der Waals surface area contributed by atoms with Gasteiger partial charge in [-0.3, -0.25) is 9.69 Å². The van der Waals surface area contributed by atoms with Crippen molar-refractivity contribution in [3.05, 3.63) is 105 Å². The highest BCUT2D eigenvalue weighted by atomic mass is 35.5. The first-order valence-electron chi connectivity index (χ1n) is 12.4. The molecule has 5 rings (SSSR count). The lowest BCUT2D eigenvalue weighted by Crippen LogP contribution is -2.41. The van der Waals surface area contributed by atoms with Crippen molar-refractivity contribution in [3.8, 4) is 11.4 Å². The highest BCUT2D eigenvalue weighted by molar-refractivity contribution is 6.36. The van der Waals surface area contributed by atoms with Crippen LogP contribution in [0.4, 0.5) is 0 Å². The van der Waals surface area contributed by atoms with Gasteiger partial charge in [-0.2, -0.15) is 4.98 Å². The van der Waals surface area contributed by atoms with Gasteiger partial charge in [0.1, 0.15) is 0 Å². The van der Waals surface area contributed by atoms with Crippen molar-refractivity contribution in [2.45, 2.75) is 32.4 Å². The third-order valence-electron chi connectivity index (χ3n) is 6.79. The van der Waals surface area contributed by atoms with E-state index >= 15 is 0 Å². The molecule has 1 atom stereocenters. The molecule has 0 saturated carbocycles. The van der Waals surface area contributed by atoms with Gasteiger partial charge in [0.05, 0.1) is 17.6 Å². The van der Waals surface area contributed by atoms with Gasteiger partial charge in [-0.1, -0.05) is 88.5 Å². The largest absolute Gasteiger partial charge is 0.345 e. The van der Waals surface area contributed by atoms with E-state index in [9.17, 15) is 4.79 Å². The summed E-state index contributed by atoms with van der Waals surface area (Å²) in [5.41, 5.74) is 4.03. The molecule has 1 fully saturated rings. The first kappa shape index (κ1) is 25.5. The monoisotopic (exact) mass is 534 g/mol. The molecule has 4 aromatic rings. The molecule has 0 bridgehead atoms. The number of benzene rings is 3. The molecule has 8 heteroatoms. The SMILES string of the molecule is Cc1ccc(C(NC(=O)C2CCN(Cc3nc(-c4ccc(Cl)cc4Cl)no3)CC2)c2ccccc2)cc1. The zero-order chi connectivity index (χ0) is 25.8. The zero-order valence-corrected chi connectivity index (χ0v) is 22.0. The Morgan fingerprint density at radius 1 is 1.03 bits per heavy atom. The molecule has 1 aliphatic rings. The van der Waals surface area contributed by atoms with E-state index in [1.54, 1.807) is 18.2 Å². The smallest absolute Gasteiger partial charge is 0.241 e. The number of amides is 1. The predicted octanol–water partition coefficient (Wildman–Crippen LogP) is 6.47. The van der Waals surface area contributed by atoms with Crippen LogP contribution in [0.5, 0.6) is 0 Å². The molecule has 1 unspecified atom stereocenters. The Morgan fingerprint density at radius 2 is 1.73 bits per heavy atom. The summed E-state index contributed by atoms with van der Waals surface area (Å²) in [7, 11) is 0. The molecular formula is C29H28Cl2N4O2. The van der Waals surface area contributed by atoms with Crippen LogP contribution in [0.2, 0.25) is 10.0 Å². The van der Waals surface area contributed by atoms with Crippen molar-refractivity contribution in [2.24, 2.45) is 5.92 Å². The number of carbonyl (C=O) groups excluding carboxylic acids is 1. The van der Waals surface area contributed by atoms with Crippen molar-refractivity contribution in [2.75, 3.05) is 13.1 Å². The first-order chi connectivity index (χ1) is 18.0. The fourth-order valence-corrected chi connectivity index (χ4v) is 5.16. The summed E-state index contributed by atoms with van der Waals surface area (Å²) < 4.78 is 5.47. The average molecular weight is 535 g/mol. The van der Waals surface area contributed by atoms with Gasteiger partial charge in [0, 0.05) is 16.5 Å². The van der Waals surface area contributed by atoms with E-state index in [2.05, 4.69) is 63.7 Å². The Bertz CT molecular complexity index is 1350. The van der Waals surface area contributed by atoms with E-state index in [1.165, 1.54) is 5.56 Å². The number of hydrogen-bond donors (Lipinski definition) is 1. The van der Waals surface area contributed by atoms with Crippen LogP contribution in [-0.4, -0.2) is 34.0 Å². The lowest BCUT2D eigenvalue weighted by molar-refractivity contribution is -0.127. The minimum Gasteiger partial charge on any atom is -0.345 e. The molecule has 1 aromatic heterocycles. The second-order valence-electron chi connectivity index (χ2n) is 9.45. The van der Waals surface area contributed by atoms with E-state index in [-0.39, 0.29) is 17.9 Å². The van der Waals surface area contributed by atoms with Gasteiger partial charge in [-0.15, -0.1) is 0 Å². The number of carbonyl (C=O) groups is 1. The molecule has 1 aliphatic heterocycles. The summed E-state index contributed by atoms with van der Waals surface area (Å²) in [6, 6.07) is 23.5. The Balaban J connectivity index is 1.19. The highest BCUT2D eigenvalue weighted by Gasteiger charge is 2.28. The molecule has 0 spiro atoms. The number of rotatable bonds is 7. The fourth-order valence-electron chi connectivity index (χ4n) is 4.67. The van der Waals surface area contributed by atoms with Gasteiger partial charge in [0.25, 0.3) is 0 Å². The van der Waals surface area contributed by atoms with E-state index in [0.717, 1.165) is 37.1 Å². The molecule has 3 aromatic carbocycles. The van der Waals surface area contributed by atoms with Crippen LogP contribution >= 0.6 is 23.2 Å². The van der Waals surface area contributed by atoms with Crippen LogP contribution < -0.4 is 5.32 Å². The summed E-state index contributed by atoms with van der Waals surface area (Å²) in [6.07, 6.45) is 1.54. The molecule has 0 radical (unpaired) electrons. The maximum Gasteiger partial charge on any atom is 0.241 e. The quantitative estimate of drug-likeness (QED) is 0.294. The predicted molar refractivity (Wildman–Crippen MR) is 145 cm³/mol. The molecule has 2 heterocycles. The van der Waals surface area contributed by atoms with Gasteiger partial charge in [0.15, 0.2) is 0 Å². The number of nitrogens with one attached hydrogen (secondary N) is 1. The Morgan fingerprint density at radius 3 is 2.43 bits per heavy atom. The lowest BCUT2D eigenvalue weighted by atomic mass is 9.93. The van der Waals surface area contributed by atoms with Crippen LogP contribution in [0.1, 0.15) is 41.5 Å². The number of aromatic nitrogens is 2. The minimum atomic E-state index is -0.177. The summed E-state index contributed by atoms with van der Waals surface area (Å²) >= 11 is 12.3. The maximum atomic E-state index is 13.3. The van der Waals surface area contributed by atoms with Gasteiger partial charge >= 0.3 is 0 Å². The molecular weight excluding hydrogens is 507 g/mol. The topological polar surface area (TPSA) is 71.3 Å². The molecule has 1 N–H and O–H groups in total. The zero-order valence-electron chi connectivity index (χ0n) is 20.5. The molecule has 1 saturated heterocycles. The number of aryl methyl sites for hydroxylation is 1. The van der Waals surface area contributed by atoms with Gasteiger partial charge in [-0.25, -0.2) is 0 Å². The number of hydrogen-bond acceptors (Lipinski definition) is 5. The van der Waals surface area contributed by atoms with Crippen LogP contribution in [0.25, 0.3) is 11.4 Å². The summed E-state index contributed by atoms with van der Waals surface area (Å²) in [5.74, 6) is 1.01. The summed E-state index contributed by atoms with van der Waals surface area (Å²) in [4.78, 5) is 20.1. The van der Waals surface area contributed by atoms with Crippen LogP contribution in [0.3, 0.4) is 0 Å². The van der Waals surface area contributed by atoms with Crippen molar-refractivity contribution in [3.63, 3.8) is 0 Å². The van der Waals surface area contributed by atoms with E-state index in [4.69, 9.17) is 27.7 Å². The van der Waals surface area contributed by atoms with Crippen molar-refractivity contribution >= 4 is 29.1 Å². The number of likely N-dealkylation sites (tertiary alicyclic amines) is 1. The second kappa shape index (κ2) is 11.5. The Hall–Kier alpha value is -3.19. The number of piperidine rings is 1. The van der Waals surface area contributed by atoms with Gasteiger partial charge in [0.2, 0.25) is 17.6 Å². The van der Waals surface area contributed by atoms with Crippen LogP contribution in [0.15, 0.2) is 77.3 Å². The molecule has 6 nitrogen and oxygen atoms in total. The van der Waals surface area contributed by atoms with Gasteiger partial charge in [-0.05, 0) is 62.2 Å². The highest BCUT2D eigenvalue weighted by Crippen LogP contribution is 2.29. The average Bonchev–Trinajstić information content (AvgIpc) is 3.36.